The maximum Gasteiger partial charge on any atom is 0.130 e. The summed E-state index contributed by atoms with van der Waals surface area (Å²) >= 11 is 0. The lowest BCUT2D eigenvalue weighted by Crippen LogP contribution is -2.48. The van der Waals surface area contributed by atoms with Gasteiger partial charge in [-0.25, -0.2) is 4.39 Å². The number of carbonyl (C=O) groups excluding carboxylic acids is 1. The Morgan fingerprint density at radius 3 is 2.60 bits per heavy atom. The van der Waals surface area contributed by atoms with Crippen LogP contribution in [0.4, 0.5) is 4.39 Å². The van der Waals surface area contributed by atoms with Gasteiger partial charge in [-0.05, 0) is 18.6 Å². The van der Waals surface area contributed by atoms with Gasteiger partial charge in [0.2, 0.25) is 0 Å². The molecule has 0 atom stereocenters. The zero-order chi connectivity index (χ0) is 10.9. The standard InChI is InChI=1S/C12H13FO2/c1-9(14)6-12(7-15-8-12)10-4-2-3-5-11(10)13/h2-5H,6-8H2,1H3. The summed E-state index contributed by atoms with van der Waals surface area (Å²) in [7, 11) is 0. The Labute approximate surface area is 88.1 Å². The van der Waals surface area contributed by atoms with Gasteiger partial charge in [0, 0.05) is 6.42 Å². The summed E-state index contributed by atoms with van der Waals surface area (Å²) in [5.41, 5.74) is 0.184. The minimum Gasteiger partial charge on any atom is -0.379 e. The highest BCUT2D eigenvalue weighted by Gasteiger charge is 2.42. The summed E-state index contributed by atoms with van der Waals surface area (Å²) in [6.07, 6.45) is 0.355. The van der Waals surface area contributed by atoms with E-state index in [9.17, 15) is 9.18 Å². The minimum absolute atomic E-state index is 0.0709. The van der Waals surface area contributed by atoms with Crippen LogP contribution in [0, 0.1) is 5.82 Å². The van der Waals surface area contributed by atoms with Gasteiger partial charge in [0.25, 0.3) is 0 Å². The van der Waals surface area contributed by atoms with E-state index in [1.54, 1.807) is 18.2 Å². The molecule has 2 rings (SSSR count). The highest BCUT2D eigenvalue weighted by atomic mass is 19.1. The average molecular weight is 208 g/mol. The van der Waals surface area contributed by atoms with E-state index in [0.717, 1.165) is 0 Å². The topological polar surface area (TPSA) is 26.3 Å². The maximum absolute atomic E-state index is 13.6. The molecule has 0 bridgehead atoms. The summed E-state index contributed by atoms with van der Waals surface area (Å²) in [6, 6.07) is 6.61. The molecule has 1 aromatic rings. The predicted molar refractivity (Wildman–Crippen MR) is 54.2 cm³/mol. The zero-order valence-corrected chi connectivity index (χ0v) is 8.63. The summed E-state index contributed by atoms with van der Waals surface area (Å²) in [5.74, 6) is -0.177. The van der Waals surface area contributed by atoms with Crippen molar-refractivity contribution in [3.8, 4) is 0 Å². The second-order valence-electron chi connectivity index (χ2n) is 4.13. The van der Waals surface area contributed by atoms with Crippen LogP contribution in [0.1, 0.15) is 18.9 Å². The minimum atomic E-state index is -0.419. The molecule has 0 aromatic heterocycles. The Bertz CT molecular complexity index is 383. The first-order valence-corrected chi connectivity index (χ1v) is 4.96. The molecule has 1 aliphatic rings. The van der Waals surface area contributed by atoms with Crippen molar-refractivity contribution in [2.24, 2.45) is 0 Å². The fraction of sp³-hybridized carbons (Fsp3) is 0.417. The van der Waals surface area contributed by atoms with E-state index in [2.05, 4.69) is 0 Å². The van der Waals surface area contributed by atoms with E-state index < -0.39 is 5.41 Å². The van der Waals surface area contributed by atoms with Crippen molar-refractivity contribution in [1.82, 2.24) is 0 Å². The molecule has 0 amide bonds. The number of rotatable bonds is 3. The van der Waals surface area contributed by atoms with Crippen LogP contribution in [-0.2, 0) is 14.9 Å². The molecule has 1 heterocycles. The van der Waals surface area contributed by atoms with Crippen LogP contribution in [0.15, 0.2) is 24.3 Å². The fourth-order valence-electron chi connectivity index (χ4n) is 2.07. The Balaban J connectivity index is 2.34. The monoisotopic (exact) mass is 208 g/mol. The van der Waals surface area contributed by atoms with Crippen molar-refractivity contribution in [1.29, 1.82) is 0 Å². The molecule has 0 N–H and O–H groups in total. The molecule has 0 spiro atoms. The summed E-state index contributed by atoms with van der Waals surface area (Å²) < 4.78 is 18.7. The van der Waals surface area contributed by atoms with Crippen LogP contribution in [0.2, 0.25) is 0 Å². The number of ketones is 1. The lowest BCUT2D eigenvalue weighted by atomic mass is 9.74. The first-order valence-electron chi connectivity index (χ1n) is 4.96. The Hall–Kier alpha value is -1.22. The molecule has 0 unspecified atom stereocenters. The second-order valence-corrected chi connectivity index (χ2v) is 4.13. The SMILES string of the molecule is CC(=O)CC1(c2ccccc2F)COC1. The molecule has 15 heavy (non-hydrogen) atoms. The molecular formula is C12H13FO2. The first-order chi connectivity index (χ1) is 7.14. The fourth-order valence-corrected chi connectivity index (χ4v) is 2.07. The van der Waals surface area contributed by atoms with Gasteiger partial charge < -0.3 is 4.74 Å². The molecule has 2 nitrogen and oxygen atoms in total. The van der Waals surface area contributed by atoms with Gasteiger partial charge in [0.1, 0.15) is 11.6 Å². The van der Waals surface area contributed by atoms with Gasteiger partial charge >= 0.3 is 0 Å². The summed E-state index contributed by atoms with van der Waals surface area (Å²) in [6.45, 7) is 2.40. The van der Waals surface area contributed by atoms with Crippen LogP contribution < -0.4 is 0 Å². The Kier molecular flexibility index (Phi) is 2.57. The maximum atomic E-state index is 13.6. The Morgan fingerprint density at radius 2 is 2.13 bits per heavy atom. The van der Waals surface area contributed by atoms with Crippen molar-refractivity contribution < 1.29 is 13.9 Å². The van der Waals surface area contributed by atoms with Gasteiger partial charge in [-0.15, -0.1) is 0 Å². The van der Waals surface area contributed by atoms with Crippen LogP contribution in [-0.4, -0.2) is 19.0 Å². The van der Waals surface area contributed by atoms with Crippen LogP contribution in [0.3, 0.4) is 0 Å². The number of hydrogen-bond donors (Lipinski definition) is 0. The molecule has 1 aromatic carbocycles. The molecule has 1 fully saturated rings. The molecule has 0 aliphatic carbocycles. The number of ether oxygens (including phenoxy) is 1. The third-order valence-electron chi connectivity index (χ3n) is 2.79. The number of carbonyl (C=O) groups is 1. The van der Waals surface area contributed by atoms with Crippen LogP contribution >= 0.6 is 0 Å². The van der Waals surface area contributed by atoms with E-state index in [0.29, 0.717) is 25.2 Å². The van der Waals surface area contributed by atoms with E-state index >= 15 is 0 Å². The van der Waals surface area contributed by atoms with E-state index in [1.165, 1.54) is 13.0 Å². The smallest absolute Gasteiger partial charge is 0.130 e. The molecule has 1 aliphatic heterocycles. The largest absolute Gasteiger partial charge is 0.379 e. The van der Waals surface area contributed by atoms with E-state index in [1.807, 2.05) is 0 Å². The third-order valence-corrected chi connectivity index (χ3v) is 2.79. The lowest BCUT2D eigenvalue weighted by molar-refractivity contribution is -0.125. The normalized spacial score (nSPS) is 18.3. The van der Waals surface area contributed by atoms with Crippen LogP contribution in [0.25, 0.3) is 0 Å². The molecule has 0 radical (unpaired) electrons. The predicted octanol–water partition coefficient (Wildman–Crippen LogP) is 2.07. The first kappa shape index (κ1) is 10.3. The number of hydrogen-bond acceptors (Lipinski definition) is 2. The number of halogens is 1. The number of Topliss-reactive ketones (excluding diaryl/α,β-unsaturated/α-hetero) is 1. The van der Waals surface area contributed by atoms with Crippen molar-refractivity contribution in [2.45, 2.75) is 18.8 Å². The van der Waals surface area contributed by atoms with Gasteiger partial charge in [-0.1, -0.05) is 18.2 Å². The summed E-state index contributed by atoms with van der Waals surface area (Å²) in [5, 5.41) is 0. The Morgan fingerprint density at radius 1 is 1.47 bits per heavy atom. The second kappa shape index (κ2) is 3.74. The van der Waals surface area contributed by atoms with Crippen molar-refractivity contribution in [2.75, 3.05) is 13.2 Å². The molecule has 1 saturated heterocycles. The van der Waals surface area contributed by atoms with Gasteiger partial charge in [-0.2, -0.15) is 0 Å². The van der Waals surface area contributed by atoms with E-state index in [4.69, 9.17) is 4.74 Å². The third kappa shape index (κ3) is 1.79. The van der Waals surface area contributed by atoms with Gasteiger partial charge in [-0.3, -0.25) is 4.79 Å². The highest BCUT2D eigenvalue weighted by molar-refractivity contribution is 5.77. The number of benzene rings is 1. The van der Waals surface area contributed by atoms with Crippen molar-refractivity contribution >= 4 is 5.78 Å². The zero-order valence-electron chi connectivity index (χ0n) is 8.63. The lowest BCUT2D eigenvalue weighted by Gasteiger charge is -2.41. The van der Waals surface area contributed by atoms with Crippen LogP contribution in [0.5, 0.6) is 0 Å². The summed E-state index contributed by atoms with van der Waals surface area (Å²) in [4.78, 5) is 11.2. The molecule has 0 saturated carbocycles. The molecular weight excluding hydrogens is 195 g/mol. The van der Waals surface area contributed by atoms with Gasteiger partial charge in [0.15, 0.2) is 0 Å². The average Bonchev–Trinajstić information content (AvgIpc) is 2.12. The molecule has 80 valence electrons. The van der Waals surface area contributed by atoms with Crippen molar-refractivity contribution in [3.63, 3.8) is 0 Å². The quantitative estimate of drug-likeness (QED) is 0.760. The van der Waals surface area contributed by atoms with Gasteiger partial charge in [0.05, 0.1) is 18.6 Å². The van der Waals surface area contributed by atoms with E-state index in [-0.39, 0.29) is 11.6 Å². The van der Waals surface area contributed by atoms with Crippen molar-refractivity contribution in [3.05, 3.63) is 35.6 Å². The molecule has 3 heteroatoms. The highest BCUT2D eigenvalue weighted by Crippen LogP contribution is 2.37.